The van der Waals surface area contributed by atoms with Gasteiger partial charge in [0.2, 0.25) is 0 Å². The van der Waals surface area contributed by atoms with Crippen molar-refractivity contribution in [3.63, 3.8) is 0 Å². The normalized spacial score (nSPS) is 10.9. The lowest BCUT2D eigenvalue weighted by atomic mass is 10.0. The van der Waals surface area contributed by atoms with E-state index in [4.69, 9.17) is 15.7 Å². The van der Waals surface area contributed by atoms with E-state index < -0.39 is 23.6 Å². The van der Waals surface area contributed by atoms with Crippen molar-refractivity contribution in [1.29, 1.82) is 0 Å². The van der Waals surface area contributed by atoms with Gasteiger partial charge in [-0.25, -0.2) is 11.0 Å². The highest BCUT2D eigenvalue weighted by Crippen LogP contribution is 2.29. The third-order valence-electron chi connectivity index (χ3n) is 3.43. The third-order valence-corrected chi connectivity index (χ3v) is 3.43. The monoisotopic (exact) mass is 449 g/mol. The minimum Gasteiger partial charge on any atom is -0.385 e. The van der Waals surface area contributed by atoms with Crippen LogP contribution in [0.15, 0.2) is 36.4 Å². The van der Waals surface area contributed by atoms with Gasteiger partial charge < -0.3 is 10.5 Å². The van der Waals surface area contributed by atoms with Crippen LogP contribution in [-0.4, -0.2) is 49.7 Å². The number of methoxy groups -OCH3 is 1. The standard InChI is InChI=1S/C13H15F3O2.C6H11N3O4/c1-18-9-3-2-4-12(17)10-5-7-11(8-6-10)13(14,15)16;7-3-4-13-9-6(11)2-1-5(10)8-12/h5-8H,2-4,9H2,1H3;1-2,12H,3-4,7H2,(H,8,10)(H,9,11)/b;2-1+. The minimum atomic E-state index is -4.36. The number of hydrogen-bond donors (Lipinski definition) is 4. The molecule has 2 amide bonds. The van der Waals surface area contributed by atoms with Crippen molar-refractivity contribution in [2.24, 2.45) is 5.73 Å². The Labute approximate surface area is 177 Å². The Balaban J connectivity index is 0.000000615. The maximum Gasteiger partial charge on any atom is 0.416 e. The summed E-state index contributed by atoms with van der Waals surface area (Å²) in [7, 11) is 1.58. The molecule has 0 unspecified atom stereocenters. The van der Waals surface area contributed by atoms with Crippen LogP contribution >= 0.6 is 0 Å². The second-order valence-corrected chi connectivity index (χ2v) is 5.86. The van der Waals surface area contributed by atoms with Gasteiger partial charge in [0.05, 0.1) is 12.2 Å². The zero-order valence-corrected chi connectivity index (χ0v) is 16.9. The first-order valence-electron chi connectivity index (χ1n) is 9.09. The van der Waals surface area contributed by atoms with E-state index in [1.54, 1.807) is 7.11 Å². The highest BCUT2D eigenvalue weighted by molar-refractivity contribution is 5.96. The first-order valence-corrected chi connectivity index (χ1v) is 9.09. The molecule has 0 spiro atoms. The number of amides is 2. The summed E-state index contributed by atoms with van der Waals surface area (Å²) in [4.78, 5) is 37.3. The summed E-state index contributed by atoms with van der Waals surface area (Å²) >= 11 is 0. The van der Waals surface area contributed by atoms with E-state index in [2.05, 4.69) is 4.84 Å². The molecule has 0 saturated heterocycles. The maximum absolute atomic E-state index is 12.3. The Morgan fingerprint density at radius 2 is 1.68 bits per heavy atom. The van der Waals surface area contributed by atoms with E-state index in [0.717, 1.165) is 30.7 Å². The molecule has 1 aromatic rings. The van der Waals surface area contributed by atoms with Crippen LogP contribution in [0.3, 0.4) is 0 Å². The summed E-state index contributed by atoms with van der Waals surface area (Å²) in [5.74, 6) is -1.55. The van der Waals surface area contributed by atoms with Crippen molar-refractivity contribution in [1.82, 2.24) is 11.0 Å². The lowest BCUT2D eigenvalue weighted by Crippen LogP contribution is -2.25. The lowest BCUT2D eigenvalue weighted by molar-refractivity contribution is -0.137. The minimum absolute atomic E-state index is 0.139. The molecular weight excluding hydrogens is 423 g/mol. The van der Waals surface area contributed by atoms with Crippen molar-refractivity contribution in [3.05, 3.63) is 47.5 Å². The van der Waals surface area contributed by atoms with Crippen molar-refractivity contribution >= 4 is 17.6 Å². The number of rotatable bonds is 11. The molecule has 5 N–H and O–H groups in total. The zero-order valence-electron chi connectivity index (χ0n) is 16.9. The number of hydrogen-bond acceptors (Lipinski definition) is 7. The fourth-order valence-corrected chi connectivity index (χ4v) is 1.93. The molecule has 0 aliphatic rings. The van der Waals surface area contributed by atoms with Crippen molar-refractivity contribution < 1.29 is 42.3 Å². The summed E-state index contributed by atoms with van der Waals surface area (Å²) in [6.45, 7) is 1.05. The predicted molar refractivity (Wildman–Crippen MR) is 104 cm³/mol. The molecule has 0 bridgehead atoms. The number of nitrogens with two attached hydrogens (primary N) is 1. The molecule has 0 aliphatic carbocycles. The van der Waals surface area contributed by atoms with Gasteiger partial charge in [0, 0.05) is 44.4 Å². The van der Waals surface area contributed by atoms with Crippen LogP contribution in [0.5, 0.6) is 0 Å². The smallest absolute Gasteiger partial charge is 0.385 e. The van der Waals surface area contributed by atoms with Crippen molar-refractivity contribution in [2.45, 2.75) is 25.4 Å². The Hall–Kier alpha value is -2.80. The van der Waals surface area contributed by atoms with Gasteiger partial charge >= 0.3 is 6.18 Å². The first-order chi connectivity index (χ1) is 14.6. The molecular formula is C19H26F3N3O6. The topological polar surface area (TPSA) is 140 Å². The van der Waals surface area contributed by atoms with Crippen molar-refractivity contribution in [3.8, 4) is 0 Å². The molecule has 9 nitrogen and oxygen atoms in total. The number of benzene rings is 1. The second-order valence-electron chi connectivity index (χ2n) is 5.86. The summed E-state index contributed by atoms with van der Waals surface area (Å²) < 4.78 is 41.8. The molecule has 1 aromatic carbocycles. The predicted octanol–water partition coefficient (Wildman–Crippen LogP) is 1.76. The molecule has 0 radical (unpaired) electrons. The molecule has 31 heavy (non-hydrogen) atoms. The van der Waals surface area contributed by atoms with E-state index in [9.17, 15) is 27.6 Å². The number of Topliss-reactive ketones (excluding diaryl/α,β-unsaturated/α-hetero) is 1. The number of carbonyl (C=O) groups is 3. The molecule has 0 atom stereocenters. The van der Waals surface area contributed by atoms with Crippen molar-refractivity contribution in [2.75, 3.05) is 26.9 Å². The highest BCUT2D eigenvalue weighted by Gasteiger charge is 2.30. The first kappa shape index (κ1) is 28.2. The molecule has 12 heteroatoms. The molecule has 0 aliphatic heterocycles. The van der Waals surface area contributed by atoms with Gasteiger partial charge in [-0.05, 0) is 25.0 Å². The summed E-state index contributed by atoms with van der Waals surface area (Å²) in [6.07, 6.45) is -0.839. The molecule has 0 aromatic heterocycles. The van der Waals surface area contributed by atoms with Gasteiger partial charge in [-0.1, -0.05) is 12.1 Å². The van der Waals surface area contributed by atoms with Crippen LogP contribution in [0.1, 0.15) is 35.2 Å². The molecule has 0 fully saturated rings. The zero-order chi connectivity index (χ0) is 23.7. The van der Waals surface area contributed by atoms with E-state index >= 15 is 0 Å². The Kier molecular flexibility index (Phi) is 14.5. The summed E-state index contributed by atoms with van der Waals surface area (Å²) in [5, 5.41) is 8.03. The van der Waals surface area contributed by atoms with Crippen LogP contribution in [0.25, 0.3) is 0 Å². The Morgan fingerprint density at radius 3 is 2.19 bits per heavy atom. The van der Waals surface area contributed by atoms with Gasteiger partial charge in [-0.2, -0.15) is 13.2 Å². The number of halogens is 3. The largest absolute Gasteiger partial charge is 0.416 e. The molecule has 0 heterocycles. The molecule has 174 valence electrons. The van der Waals surface area contributed by atoms with Gasteiger partial charge in [-0.3, -0.25) is 24.4 Å². The number of hydroxylamine groups is 2. The van der Waals surface area contributed by atoms with Gasteiger partial charge in [0.25, 0.3) is 11.8 Å². The van der Waals surface area contributed by atoms with E-state index in [1.807, 2.05) is 5.48 Å². The molecule has 0 saturated carbocycles. The Morgan fingerprint density at radius 1 is 1.06 bits per heavy atom. The highest BCUT2D eigenvalue weighted by atomic mass is 19.4. The summed E-state index contributed by atoms with van der Waals surface area (Å²) in [5.41, 5.74) is 7.97. The number of nitrogens with one attached hydrogen (secondary N) is 2. The quantitative estimate of drug-likeness (QED) is 0.133. The fraction of sp³-hybridized carbons (Fsp3) is 0.421. The average molecular weight is 449 g/mol. The van der Waals surface area contributed by atoms with Crippen LogP contribution < -0.4 is 16.7 Å². The number of ketones is 1. The third kappa shape index (κ3) is 13.9. The van der Waals surface area contributed by atoms with Crippen LogP contribution in [0.4, 0.5) is 13.2 Å². The number of unbranched alkanes of at least 4 members (excludes halogenated alkanes) is 1. The Bertz CT molecular complexity index is 709. The number of carbonyl (C=O) groups excluding carboxylic acids is 3. The second kappa shape index (κ2) is 16.0. The SMILES string of the molecule is COCCCCC(=O)c1ccc(C(F)(F)F)cc1.NCCONC(=O)/C=C/C(=O)NO. The summed E-state index contributed by atoms with van der Waals surface area (Å²) in [6, 6.07) is 4.31. The van der Waals surface area contributed by atoms with Gasteiger partial charge in [-0.15, -0.1) is 0 Å². The van der Waals surface area contributed by atoms with E-state index in [0.29, 0.717) is 25.0 Å². The van der Waals surface area contributed by atoms with Crippen LogP contribution in [0, 0.1) is 0 Å². The molecule has 1 rings (SSSR count). The van der Waals surface area contributed by atoms with E-state index in [-0.39, 0.29) is 18.9 Å². The fourth-order valence-electron chi connectivity index (χ4n) is 1.93. The van der Waals surface area contributed by atoms with E-state index in [1.165, 1.54) is 17.6 Å². The lowest BCUT2D eigenvalue weighted by Gasteiger charge is -2.07. The van der Waals surface area contributed by atoms with Gasteiger partial charge in [0.1, 0.15) is 0 Å². The van der Waals surface area contributed by atoms with Crippen LogP contribution in [0.2, 0.25) is 0 Å². The van der Waals surface area contributed by atoms with Crippen LogP contribution in [-0.2, 0) is 25.3 Å². The average Bonchev–Trinajstić information content (AvgIpc) is 2.75. The number of ether oxygens (including phenoxy) is 1. The van der Waals surface area contributed by atoms with Gasteiger partial charge in [0.15, 0.2) is 5.78 Å². The number of alkyl halides is 3. The maximum atomic E-state index is 12.3.